The van der Waals surface area contributed by atoms with E-state index >= 15 is 0 Å². The maximum Gasteiger partial charge on any atom is 0.0788 e. The molecule has 1 rings (SSSR count). The Morgan fingerprint density at radius 2 is 2.33 bits per heavy atom. The molecule has 2 nitrogen and oxygen atoms in total. The van der Waals surface area contributed by atoms with Crippen molar-refractivity contribution in [2.75, 3.05) is 14.1 Å². The average Bonchev–Trinajstić information content (AvgIpc) is 2.15. The van der Waals surface area contributed by atoms with Gasteiger partial charge in [0.15, 0.2) is 0 Å². The van der Waals surface area contributed by atoms with Crippen molar-refractivity contribution in [1.29, 1.82) is 0 Å². The molecule has 0 saturated heterocycles. The second kappa shape index (κ2) is 2.49. The molecule has 0 bridgehead atoms. The third-order valence-corrected chi connectivity index (χ3v) is 0.967. The first kappa shape index (κ1) is 6.08. The standard InChI is InChI=1S/C7H10N2/c1-9(2)6-7-4-3-5-8-7/h3-6H,1-2H3/b7-6+. The van der Waals surface area contributed by atoms with Crippen LogP contribution in [0.25, 0.3) is 0 Å². The summed E-state index contributed by atoms with van der Waals surface area (Å²) in [6.07, 6.45) is 7.66. The molecule has 1 aliphatic rings. The van der Waals surface area contributed by atoms with E-state index < -0.39 is 0 Å². The second-order valence-corrected chi connectivity index (χ2v) is 2.15. The molecular formula is C7H10N2. The van der Waals surface area contributed by atoms with Crippen LogP contribution in [0.3, 0.4) is 0 Å². The van der Waals surface area contributed by atoms with Crippen molar-refractivity contribution in [3.8, 4) is 0 Å². The number of nitrogens with zero attached hydrogens (tertiary/aromatic N) is 2. The van der Waals surface area contributed by atoms with Gasteiger partial charge in [-0.2, -0.15) is 0 Å². The van der Waals surface area contributed by atoms with Gasteiger partial charge in [-0.25, -0.2) is 0 Å². The molecule has 1 heterocycles. The molecule has 0 N–H and O–H groups in total. The first-order valence-corrected chi connectivity index (χ1v) is 2.88. The Morgan fingerprint density at radius 3 is 2.78 bits per heavy atom. The van der Waals surface area contributed by atoms with Crippen molar-refractivity contribution in [2.45, 2.75) is 0 Å². The molecule has 0 unspecified atom stereocenters. The predicted octanol–water partition coefficient (Wildman–Crippen LogP) is 1.03. The fourth-order valence-electron chi connectivity index (χ4n) is 0.655. The van der Waals surface area contributed by atoms with Crippen LogP contribution >= 0.6 is 0 Å². The lowest BCUT2D eigenvalue weighted by Crippen LogP contribution is -2.00. The number of rotatable bonds is 1. The zero-order chi connectivity index (χ0) is 6.69. The fraction of sp³-hybridized carbons (Fsp3) is 0.286. The topological polar surface area (TPSA) is 15.6 Å². The van der Waals surface area contributed by atoms with Crippen LogP contribution in [0.1, 0.15) is 0 Å². The zero-order valence-corrected chi connectivity index (χ0v) is 5.70. The Bertz CT molecular complexity index is 161. The lowest BCUT2D eigenvalue weighted by molar-refractivity contribution is 0.559. The van der Waals surface area contributed by atoms with Crippen molar-refractivity contribution >= 4 is 6.21 Å². The minimum Gasteiger partial charge on any atom is -0.382 e. The van der Waals surface area contributed by atoms with Gasteiger partial charge in [-0.3, -0.25) is 4.99 Å². The van der Waals surface area contributed by atoms with Gasteiger partial charge in [0.1, 0.15) is 0 Å². The molecule has 0 aromatic carbocycles. The van der Waals surface area contributed by atoms with E-state index in [1.807, 2.05) is 37.3 Å². The Kier molecular flexibility index (Phi) is 1.68. The van der Waals surface area contributed by atoms with E-state index in [0.29, 0.717) is 0 Å². The summed E-state index contributed by atoms with van der Waals surface area (Å²) in [7, 11) is 3.96. The van der Waals surface area contributed by atoms with E-state index in [4.69, 9.17) is 0 Å². The summed E-state index contributed by atoms with van der Waals surface area (Å²) >= 11 is 0. The Hall–Kier alpha value is -1.05. The fourth-order valence-corrected chi connectivity index (χ4v) is 0.655. The quantitative estimate of drug-likeness (QED) is 0.507. The van der Waals surface area contributed by atoms with Gasteiger partial charge in [-0.05, 0) is 12.2 Å². The summed E-state index contributed by atoms with van der Waals surface area (Å²) in [5, 5.41) is 0. The SMILES string of the molecule is CN(C)/C=C1\C=CC=N1. The van der Waals surface area contributed by atoms with Gasteiger partial charge in [0.25, 0.3) is 0 Å². The summed E-state index contributed by atoms with van der Waals surface area (Å²) < 4.78 is 0. The van der Waals surface area contributed by atoms with Gasteiger partial charge in [-0.1, -0.05) is 0 Å². The third kappa shape index (κ3) is 1.72. The van der Waals surface area contributed by atoms with Crippen LogP contribution < -0.4 is 0 Å². The van der Waals surface area contributed by atoms with Crippen LogP contribution in [0.4, 0.5) is 0 Å². The average molecular weight is 122 g/mol. The lowest BCUT2D eigenvalue weighted by atomic mass is 10.4. The van der Waals surface area contributed by atoms with Crippen LogP contribution in [-0.4, -0.2) is 25.2 Å². The highest BCUT2D eigenvalue weighted by molar-refractivity contribution is 5.76. The molecule has 0 aliphatic carbocycles. The Morgan fingerprint density at radius 1 is 1.56 bits per heavy atom. The summed E-state index contributed by atoms with van der Waals surface area (Å²) in [6.45, 7) is 0. The molecule has 1 aliphatic heterocycles. The van der Waals surface area contributed by atoms with Crippen LogP contribution in [0.15, 0.2) is 29.0 Å². The maximum atomic E-state index is 4.06. The van der Waals surface area contributed by atoms with E-state index in [0.717, 1.165) is 5.70 Å². The molecule has 0 radical (unpaired) electrons. The molecule has 0 spiro atoms. The number of aliphatic imine (C=N–C) groups is 1. The minimum absolute atomic E-state index is 1.01. The van der Waals surface area contributed by atoms with Crippen molar-refractivity contribution in [2.24, 2.45) is 4.99 Å². The molecule has 0 atom stereocenters. The first-order chi connectivity index (χ1) is 4.29. The summed E-state index contributed by atoms with van der Waals surface area (Å²) in [5.41, 5.74) is 1.01. The van der Waals surface area contributed by atoms with E-state index in [9.17, 15) is 0 Å². The molecule has 48 valence electrons. The van der Waals surface area contributed by atoms with Gasteiger partial charge in [0.2, 0.25) is 0 Å². The second-order valence-electron chi connectivity index (χ2n) is 2.15. The summed E-state index contributed by atoms with van der Waals surface area (Å²) in [4.78, 5) is 6.03. The van der Waals surface area contributed by atoms with Crippen molar-refractivity contribution in [1.82, 2.24) is 4.90 Å². The van der Waals surface area contributed by atoms with E-state index in [2.05, 4.69) is 4.99 Å². The van der Waals surface area contributed by atoms with Crippen molar-refractivity contribution in [3.05, 3.63) is 24.0 Å². The van der Waals surface area contributed by atoms with Gasteiger partial charge in [0, 0.05) is 26.5 Å². The zero-order valence-electron chi connectivity index (χ0n) is 5.70. The molecule has 0 aromatic rings. The van der Waals surface area contributed by atoms with Gasteiger partial charge in [-0.15, -0.1) is 0 Å². The number of hydrogen-bond acceptors (Lipinski definition) is 2. The van der Waals surface area contributed by atoms with Gasteiger partial charge < -0.3 is 4.90 Å². The van der Waals surface area contributed by atoms with E-state index in [1.54, 1.807) is 6.21 Å². The van der Waals surface area contributed by atoms with Crippen LogP contribution in [0.5, 0.6) is 0 Å². The first-order valence-electron chi connectivity index (χ1n) is 2.88. The Labute approximate surface area is 55.2 Å². The van der Waals surface area contributed by atoms with Crippen LogP contribution in [0, 0.1) is 0 Å². The molecule has 0 aromatic heterocycles. The monoisotopic (exact) mass is 122 g/mol. The van der Waals surface area contributed by atoms with E-state index in [1.165, 1.54) is 0 Å². The normalized spacial score (nSPS) is 19.6. The third-order valence-electron chi connectivity index (χ3n) is 0.967. The van der Waals surface area contributed by atoms with E-state index in [-0.39, 0.29) is 0 Å². The van der Waals surface area contributed by atoms with Gasteiger partial charge >= 0.3 is 0 Å². The van der Waals surface area contributed by atoms with Crippen molar-refractivity contribution < 1.29 is 0 Å². The largest absolute Gasteiger partial charge is 0.382 e. The molecular weight excluding hydrogens is 112 g/mol. The van der Waals surface area contributed by atoms with Crippen molar-refractivity contribution in [3.63, 3.8) is 0 Å². The highest BCUT2D eigenvalue weighted by atomic mass is 15.0. The Balaban J connectivity index is 2.62. The number of hydrogen-bond donors (Lipinski definition) is 0. The van der Waals surface area contributed by atoms with Crippen LogP contribution in [-0.2, 0) is 0 Å². The molecule has 9 heavy (non-hydrogen) atoms. The van der Waals surface area contributed by atoms with Gasteiger partial charge in [0.05, 0.1) is 5.70 Å². The summed E-state index contributed by atoms with van der Waals surface area (Å²) in [5.74, 6) is 0. The minimum atomic E-state index is 1.01. The highest BCUT2D eigenvalue weighted by Gasteiger charge is 1.90. The highest BCUT2D eigenvalue weighted by Crippen LogP contribution is 2.03. The lowest BCUT2D eigenvalue weighted by Gasteiger charge is -2.02. The maximum absolute atomic E-state index is 4.06. The van der Waals surface area contributed by atoms with Crippen LogP contribution in [0.2, 0.25) is 0 Å². The number of allylic oxidation sites excluding steroid dienone is 2. The molecule has 0 saturated carbocycles. The molecule has 0 fully saturated rings. The molecule has 0 amide bonds. The molecule has 2 heteroatoms. The predicted molar refractivity (Wildman–Crippen MR) is 39.4 cm³/mol. The smallest absolute Gasteiger partial charge is 0.0788 e. The summed E-state index contributed by atoms with van der Waals surface area (Å²) in [6, 6.07) is 0.